The van der Waals surface area contributed by atoms with Crippen LogP contribution in [0.15, 0.2) is 42.5 Å². The van der Waals surface area contributed by atoms with Crippen molar-refractivity contribution in [1.29, 1.82) is 0 Å². The van der Waals surface area contributed by atoms with Crippen LogP contribution >= 0.6 is 0 Å². The molecule has 9 heteroatoms. The number of carbonyl (C=O) groups excluding carboxylic acids is 1. The molecule has 3 aromatic rings. The summed E-state index contributed by atoms with van der Waals surface area (Å²) in [4.78, 5) is 25.6. The Hall–Kier alpha value is -3.75. The first-order chi connectivity index (χ1) is 15.7. The van der Waals surface area contributed by atoms with Gasteiger partial charge in [0.2, 0.25) is 0 Å². The van der Waals surface area contributed by atoms with Crippen molar-refractivity contribution < 1.29 is 37.3 Å². The van der Waals surface area contributed by atoms with Crippen LogP contribution in [0.1, 0.15) is 35.3 Å². The fourth-order valence-electron chi connectivity index (χ4n) is 3.97. The number of benzene rings is 3. The smallest absolute Gasteiger partial charge is 0.387 e. The van der Waals surface area contributed by atoms with Crippen LogP contribution in [0, 0.1) is 5.82 Å². The highest BCUT2D eigenvalue weighted by Gasteiger charge is 2.37. The molecule has 0 atom stereocenters. The first-order valence-electron chi connectivity index (χ1n) is 10.2. The zero-order chi connectivity index (χ0) is 23.9. The van der Waals surface area contributed by atoms with Crippen molar-refractivity contribution in [3.63, 3.8) is 0 Å². The summed E-state index contributed by atoms with van der Waals surface area (Å²) in [5.74, 6) is -2.43. The lowest BCUT2D eigenvalue weighted by atomic mass is 9.99. The highest BCUT2D eigenvalue weighted by atomic mass is 19.3. The van der Waals surface area contributed by atoms with E-state index in [1.54, 1.807) is 38.1 Å². The fourth-order valence-corrected chi connectivity index (χ4v) is 3.97. The summed E-state index contributed by atoms with van der Waals surface area (Å²) < 4.78 is 51.9. The molecular weight excluding hydrogens is 439 g/mol. The van der Waals surface area contributed by atoms with E-state index in [2.05, 4.69) is 0 Å². The van der Waals surface area contributed by atoms with Crippen LogP contribution in [0.25, 0.3) is 10.8 Å². The second kappa shape index (κ2) is 8.65. The van der Waals surface area contributed by atoms with Crippen molar-refractivity contribution in [3.8, 4) is 11.5 Å². The van der Waals surface area contributed by atoms with Crippen LogP contribution in [0.2, 0.25) is 0 Å². The van der Waals surface area contributed by atoms with E-state index in [-0.39, 0.29) is 46.5 Å². The van der Waals surface area contributed by atoms with E-state index in [0.29, 0.717) is 10.8 Å². The third-order valence-corrected chi connectivity index (χ3v) is 5.24. The van der Waals surface area contributed by atoms with Gasteiger partial charge in [-0.15, -0.1) is 0 Å². The maximum absolute atomic E-state index is 14.5. The first kappa shape index (κ1) is 22.4. The summed E-state index contributed by atoms with van der Waals surface area (Å²) in [6.45, 7) is 0.288. The van der Waals surface area contributed by atoms with Gasteiger partial charge in [0.1, 0.15) is 17.3 Å². The Morgan fingerprint density at radius 3 is 2.33 bits per heavy atom. The molecule has 0 fully saturated rings. The molecule has 0 aromatic heterocycles. The summed E-state index contributed by atoms with van der Waals surface area (Å²) in [7, 11) is 0. The second-order valence-corrected chi connectivity index (χ2v) is 7.84. The van der Waals surface area contributed by atoms with Gasteiger partial charge in [0.25, 0.3) is 5.91 Å². The Balaban J connectivity index is 1.88. The van der Waals surface area contributed by atoms with Gasteiger partial charge in [0.05, 0.1) is 24.6 Å². The number of hydrogen-bond donors (Lipinski definition) is 1. The standard InChI is InChI=1S/C24H20F3NO5/c1-12(2)32-22-16-6-4-3-5-15(16)21(33-24(26)27)17-11-28(23(31)20(17)22)14-8-7-13(9-19(29)30)18(25)10-14/h3-8,10,12,24H,9,11H2,1-2H3,(H,29,30). The lowest BCUT2D eigenvalue weighted by Crippen LogP contribution is -2.24. The summed E-state index contributed by atoms with van der Waals surface area (Å²) in [6.07, 6.45) is -0.821. The fraction of sp³-hybridized carbons (Fsp3) is 0.250. The SMILES string of the molecule is CC(C)Oc1c2c(c(OC(F)F)c3ccccc13)CN(c1ccc(CC(=O)O)c(F)c1)C2=O. The van der Waals surface area contributed by atoms with Crippen LogP contribution in [-0.2, 0) is 17.8 Å². The Morgan fingerprint density at radius 2 is 1.76 bits per heavy atom. The molecule has 0 radical (unpaired) electrons. The van der Waals surface area contributed by atoms with E-state index >= 15 is 0 Å². The molecule has 0 aliphatic carbocycles. The number of amides is 1. The van der Waals surface area contributed by atoms with Crippen LogP contribution in [-0.4, -0.2) is 29.7 Å². The van der Waals surface area contributed by atoms with Gasteiger partial charge in [-0.1, -0.05) is 30.3 Å². The highest BCUT2D eigenvalue weighted by Crippen LogP contribution is 2.46. The highest BCUT2D eigenvalue weighted by molar-refractivity contribution is 6.16. The van der Waals surface area contributed by atoms with Crippen LogP contribution in [0.4, 0.5) is 18.9 Å². The maximum atomic E-state index is 14.5. The molecule has 6 nitrogen and oxygen atoms in total. The average Bonchev–Trinajstić information content (AvgIpc) is 3.08. The predicted octanol–water partition coefficient (Wildman–Crippen LogP) is 5.16. The van der Waals surface area contributed by atoms with E-state index < -0.39 is 30.7 Å². The van der Waals surface area contributed by atoms with Gasteiger partial charge in [-0.2, -0.15) is 8.78 Å². The number of aliphatic carboxylic acids is 1. The van der Waals surface area contributed by atoms with Crippen LogP contribution in [0.5, 0.6) is 11.5 Å². The number of halogens is 3. The van der Waals surface area contributed by atoms with Gasteiger partial charge in [0, 0.05) is 22.0 Å². The Bertz CT molecular complexity index is 1260. The Labute approximate surface area is 187 Å². The minimum atomic E-state index is -3.12. The summed E-state index contributed by atoms with van der Waals surface area (Å²) >= 11 is 0. The molecular formula is C24H20F3NO5. The summed E-state index contributed by atoms with van der Waals surface area (Å²) in [6, 6.07) is 10.4. The van der Waals surface area contributed by atoms with Crippen molar-refractivity contribution in [2.24, 2.45) is 0 Å². The molecule has 1 heterocycles. The molecule has 33 heavy (non-hydrogen) atoms. The van der Waals surface area contributed by atoms with Gasteiger partial charge >= 0.3 is 12.6 Å². The maximum Gasteiger partial charge on any atom is 0.387 e. The number of alkyl halides is 2. The summed E-state index contributed by atoms with van der Waals surface area (Å²) in [5.41, 5.74) is 0.412. The molecule has 1 aliphatic heterocycles. The van der Waals surface area contributed by atoms with E-state index in [1.807, 2.05) is 0 Å². The monoisotopic (exact) mass is 459 g/mol. The lowest BCUT2D eigenvalue weighted by Gasteiger charge is -2.19. The number of fused-ring (bicyclic) bond motifs is 2. The van der Waals surface area contributed by atoms with Gasteiger partial charge in [-0.25, -0.2) is 4.39 Å². The number of carboxylic acid groups (broad SMARTS) is 1. The zero-order valence-electron chi connectivity index (χ0n) is 17.8. The molecule has 0 unspecified atom stereocenters. The molecule has 0 saturated heterocycles. The minimum absolute atomic E-state index is 0.0355. The largest absolute Gasteiger partial charge is 0.490 e. The van der Waals surface area contributed by atoms with Crippen LogP contribution in [0.3, 0.4) is 0 Å². The predicted molar refractivity (Wildman–Crippen MR) is 115 cm³/mol. The number of nitrogens with zero attached hydrogens (tertiary/aromatic N) is 1. The Morgan fingerprint density at radius 1 is 1.09 bits per heavy atom. The number of carboxylic acids is 1. The molecule has 1 aliphatic rings. The zero-order valence-corrected chi connectivity index (χ0v) is 17.8. The molecule has 1 amide bonds. The van der Waals surface area contributed by atoms with E-state index in [4.69, 9.17) is 14.6 Å². The molecule has 0 bridgehead atoms. The summed E-state index contributed by atoms with van der Waals surface area (Å²) in [5, 5.41) is 9.72. The second-order valence-electron chi connectivity index (χ2n) is 7.84. The first-order valence-corrected chi connectivity index (χ1v) is 10.2. The van der Waals surface area contributed by atoms with Gasteiger partial charge in [-0.3, -0.25) is 9.59 Å². The van der Waals surface area contributed by atoms with E-state index in [9.17, 15) is 22.8 Å². The van der Waals surface area contributed by atoms with E-state index in [0.717, 1.165) is 6.07 Å². The number of ether oxygens (including phenoxy) is 2. The number of hydrogen-bond acceptors (Lipinski definition) is 4. The molecule has 172 valence electrons. The van der Waals surface area contributed by atoms with Crippen molar-refractivity contribution in [2.45, 2.75) is 39.5 Å². The normalized spacial score (nSPS) is 13.2. The lowest BCUT2D eigenvalue weighted by molar-refractivity contribution is -0.136. The van der Waals surface area contributed by atoms with Gasteiger partial charge in [0.15, 0.2) is 0 Å². The molecule has 0 saturated carbocycles. The average molecular weight is 459 g/mol. The van der Waals surface area contributed by atoms with Crippen molar-refractivity contribution in [3.05, 3.63) is 65.0 Å². The van der Waals surface area contributed by atoms with Crippen LogP contribution < -0.4 is 14.4 Å². The number of anilines is 1. The minimum Gasteiger partial charge on any atom is -0.490 e. The molecule has 0 spiro atoms. The number of rotatable bonds is 7. The quantitative estimate of drug-likeness (QED) is 0.529. The van der Waals surface area contributed by atoms with Gasteiger partial charge < -0.3 is 19.5 Å². The topological polar surface area (TPSA) is 76.1 Å². The van der Waals surface area contributed by atoms with Crippen molar-refractivity contribution in [1.82, 2.24) is 0 Å². The number of carbonyl (C=O) groups is 2. The third-order valence-electron chi connectivity index (χ3n) is 5.24. The van der Waals surface area contributed by atoms with Gasteiger partial charge in [-0.05, 0) is 31.5 Å². The van der Waals surface area contributed by atoms with Crippen molar-refractivity contribution in [2.75, 3.05) is 4.90 Å². The molecule has 3 aromatic carbocycles. The third kappa shape index (κ3) is 4.18. The molecule has 4 rings (SSSR count). The van der Waals surface area contributed by atoms with Crippen molar-refractivity contribution >= 4 is 28.3 Å². The van der Waals surface area contributed by atoms with E-state index in [1.165, 1.54) is 17.0 Å². The Kier molecular flexibility index (Phi) is 5.88. The molecule has 1 N–H and O–H groups in total.